The third-order valence-electron chi connectivity index (χ3n) is 22.1. The summed E-state index contributed by atoms with van der Waals surface area (Å²) in [5.74, 6) is 2.89. The molecular weight excluding hydrogens is 1110 g/mol. The molecule has 27 nitrogen and oxygen atoms in total. The number of ether oxygens (including phenoxy) is 11. The summed E-state index contributed by atoms with van der Waals surface area (Å²) in [7, 11) is 0. The van der Waals surface area contributed by atoms with E-state index in [-0.39, 0.29) is 22.7 Å². The van der Waals surface area contributed by atoms with Gasteiger partial charge in [0, 0.05) is 12.5 Å². The van der Waals surface area contributed by atoms with E-state index in [9.17, 15) is 76.6 Å². The van der Waals surface area contributed by atoms with Gasteiger partial charge in [0.2, 0.25) is 0 Å². The smallest absolute Gasteiger partial charge is 0.187 e. The van der Waals surface area contributed by atoms with E-state index < -0.39 is 186 Å². The molecule has 27 heteroatoms. The van der Waals surface area contributed by atoms with Crippen LogP contribution in [0, 0.1) is 46.3 Å². The van der Waals surface area contributed by atoms with E-state index in [4.69, 9.17) is 52.1 Å². The summed E-state index contributed by atoms with van der Waals surface area (Å²) in [5, 5.41) is 167. The summed E-state index contributed by atoms with van der Waals surface area (Å²) >= 11 is 0. The van der Waals surface area contributed by atoms with Crippen molar-refractivity contribution in [3.05, 3.63) is 11.6 Å². The number of fused-ring (bicyclic) bond motifs is 7. The highest BCUT2D eigenvalue weighted by Crippen LogP contribution is 2.70. The average Bonchev–Trinajstić information content (AvgIpc) is 1.52. The van der Waals surface area contributed by atoms with Gasteiger partial charge in [-0.2, -0.15) is 0 Å². The molecule has 84 heavy (non-hydrogen) atoms. The van der Waals surface area contributed by atoms with Gasteiger partial charge in [-0.15, -0.1) is 0 Å². The topological polar surface area (TPSA) is 417 Å². The molecule has 0 radical (unpaired) electrons. The van der Waals surface area contributed by atoms with Crippen LogP contribution >= 0.6 is 0 Å². The SMILES string of the molecule is CC1CCC2(NC1)OC1CC3C4CC=C5CC(OC6OC(CO)C(O)C(OC7OC(CO)C(O)C(O)C7OC7OC(COC8OC(CO)C(O)C(O)C8O)C(O)C(O)C7O)C6OC6OC(C)C(O)C(O)C6O)CCC5(C)C4CCC3(C)C1C2C. The highest BCUT2D eigenvalue weighted by molar-refractivity contribution is 5.27. The molecule has 0 amide bonds. The fourth-order valence-electron chi connectivity index (χ4n) is 17.0. The van der Waals surface area contributed by atoms with Gasteiger partial charge in [-0.05, 0) is 105 Å². The molecule has 482 valence electrons. The Hall–Kier alpha value is -1.34. The molecule has 0 aromatic heterocycles. The maximum absolute atomic E-state index is 12.1. The highest BCUT2D eigenvalue weighted by Gasteiger charge is 2.69. The number of nitrogens with one attached hydrogen (secondary N) is 1. The predicted octanol–water partition coefficient (Wildman–Crippen LogP) is -4.56. The summed E-state index contributed by atoms with van der Waals surface area (Å²) in [6.45, 7) is 8.72. The molecule has 36 unspecified atom stereocenters. The molecule has 7 aliphatic heterocycles. The number of allylic oxidation sites excluding steroid dienone is 1. The first-order valence-corrected chi connectivity index (χ1v) is 30.5. The van der Waals surface area contributed by atoms with E-state index in [1.54, 1.807) is 0 Å². The first-order valence-electron chi connectivity index (χ1n) is 30.5. The maximum atomic E-state index is 12.1. The molecule has 10 fully saturated rings. The summed E-state index contributed by atoms with van der Waals surface area (Å²) in [5.41, 5.74) is 0.985. The lowest BCUT2D eigenvalue weighted by molar-refractivity contribution is -0.407. The van der Waals surface area contributed by atoms with Gasteiger partial charge in [-0.3, -0.25) is 5.32 Å². The zero-order valence-electron chi connectivity index (χ0n) is 48.2. The molecule has 11 rings (SSSR count). The van der Waals surface area contributed by atoms with E-state index in [1.807, 2.05) is 0 Å². The lowest BCUT2D eigenvalue weighted by Gasteiger charge is -2.59. The van der Waals surface area contributed by atoms with Gasteiger partial charge in [0.25, 0.3) is 0 Å². The first kappa shape index (κ1) is 64.2. The van der Waals surface area contributed by atoms with Crippen molar-refractivity contribution in [2.45, 2.75) is 264 Å². The van der Waals surface area contributed by atoms with Crippen LogP contribution in [0.25, 0.3) is 0 Å². The Bertz CT molecular complexity index is 2250. The van der Waals surface area contributed by atoms with Crippen molar-refractivity contribution >= 4 is 0 Å². The van der Waals surface area contributed by atoms with Crippen LogP contribution in [-0.2, 0) is 52.1 Å². The molecule has 0 bridgehead atoms. The Labute approximate surface area is 487 Å². The third-order valence-corrected chi connectivity index (χ3v) is 22.1. The average molecular weight is 1210 g/mol. The molecule has 0 aromatic rings. The molecule has 1 spiro atoms. The number of piperidine rings is 1. The van der Waals surface area contributed by atoms with E-state index in [0.717, 1.165) is 51.5 Å². The van der Waals surface area contributed by atoms with Crippen LogP contribution in [0.15, 0.2) is 11.6 Å². The molecule has 3 saturated carbocycles. The highest BCUT2D eigenvalue weighted by atomic mass is 16.8. The van der Waals surface area contributed by atoms with E-state index in [0.29, 0.717) is 48.3 Å². The van der Waals surface area contributed by atoms with Crippen LogP contribution in [0.5, 0.6) is 0 Å². The minimum atomic E-state index is -2.11. The van der Waals surface area contributed by atoms with Crippen molar-refractivity contribution in [1.29, 1.82) is 0 Å². The van der Waals surface area contributed by atoms with Gasteiger partial charge in [-0.1, -0.05) is 39.3 Å². The van der Waals surface area contributed by atoms with E-state index in [1.165, 1.54) is 12.5 Å². The summed E-state index contributed by atoms with van der Waals surface area (Å²) in [6, 6.07) is 0. The van der Waals surface area contributed by atoms with Crippen LogP contribution in [-0.4, -0.2) is 281 Å². The first-order chi connectivity index (χ1) is 39.9. The van der Waals surface area contributed by atoms with Gasteiger partial charge in [-0.25, -0.2) is 0 Å². The van der Waals surface area contributed by atoms with Crippen molar-refractivity contribution in [3.63, 3.8) is 0 Å². The minimum absolute atomic E-state index is 0.145. The Morgan fingerprint density at radius 1 is 0.536 bits per heavy atom. The second kappa shape index (κ2) is 25.0. The zero-order chi connectivity index (χ0) is 60.2. The number of rotatable bonds is 14. The van der Waals surface area contributed by atoms with Crippen molar-refractivity contribution in [3.8, 4) is 0 Å². The molecule has 7 heterocycles. The quantitative estimate of drug-likeness (QED) is 0.0728. The number of hydrogen-bond acceptors (Lipinski definition) is 27. The Morgan fingerprint density at radius 2 is 1.10 bits per heavy atom. The second-order valence-electron chi connectivity index (χ2n) is 26.9. The molecule has 7 saturated heterocycles. The largest absolute Gasteiger partial charge is 0.394 e. The molecular formula is C57H93NO26. The standard InChI is InChI=1S/C57H93NO26/c1-21-8-13-57(58-16-21)22(2)34-29(84-57)15-28-26-7-6-24-14-25(9-11-55(24,4)27(26)10-12-56(28,34)5)76-54-49(83-51-45(72)40(67)35(62)23(3)75-51)47(39(66)32(19-61)79-54)81-53-48(43(70)37(64)31(18-60)78-53)82-52-46(73)42(69)38(65)33(80-52)20-74-50-44(71)41(68)36(63)30(17-59)77-50/h6,21-23,25-54,58-73H,7-20H2,1-5H3. The minimum Gasteiger partial charge on any atom is -0.394 e. The van der Waals surface area contributed by atoms with Crippen molar-refractivity contribution in [2.75, 3.05) is 33.0 Å². The van der Waals surface area contributed by atoms with Crippen LogP contribution in [0.2, 0.25) is 0 Å². The van der Waals surface area contributed by atoms with Crippen molar-refractivity contribution in [2.24, 2.45) is 46.3 Å². The Morgan fingerprint density at radius 3 is 1.75 bits per heavy atom. The van der Waals surface area contributed by atoms with Gasteiger partial charge in [0.15, 0.2) is 31.5 Å². The lowest BCUT2D eigenvalue weighted by Crippen LogP contribution is -2.68. The Kier molecular flexibility index (Phi) is 19.1. The third kappa shape index (κ3) is 11.2. The zero-order valence-corrected chi connectivity index (χ0v) is 48.2. The summed E-state index contributed by atoms with van der Waals surface area (Å²) in [6.07, 6.45) is -34.2. The normalized spacial score (nSPS) is 56.8. The molecule has 36 atom stereocenters. The fraction of sp³-hybridized carbons (Fsp3) is 0.965. The van der Waals surface area contributed by atoms with Crippen LogP contribution in [0.3, 0.4) is 0 Å². The van der Waals surface area contributed by atoms with Gasteiger partial charge >= 0.3 is 0 Å². The number of aliphatic hydroxyl groups excluding tert-OH is 15. The van der Waals surface area contributed by atoms with E-state index in [2.05, 4.69) is 39.1 Å². The van der Waals surface area contributed by atoms with Gasteiger partial charge in [0.1, 0.15) is 122 Å². The van der Waals surface area contributed by atoms with Crippen LogP contribution in [0.1, 0.15) is 92.4 Å². The summed E-state index contributed by atoms with van der Waals surface area (Å²) in [4.78, 5) is 0. The van der Waals surface area contributed by atoms with Crippen LogP contribution in [0.4, 0.5) is 0 Å². The fourth-order valence-corrected chi connectivity index (χ4v) is 17.0. The van der Waals surface area contributed by atoms with Crippen molar-refractivity contribution in [1.82, 2.24) is 5.32 Å². The number of aliphatic hydroxyl groups is 15. The molecule has 11 aliphatic rings. The number of hydrogen-bond donors (Lipinski definition) is 16. The molecule has 16 N–H and O–H groups in total. The Balaban J connectivity index is 0.832. The van der Waals surface area contributed by atoms with Gasteiger partial charge in [0.05, 0.1) is 44.7 Å². The predicted molar refractivity (Wildman–Crippen MR) is 282 cm³/mol. The summed E-state index contributed by atoms with van der Waals surface area (Å²) < 4.78 is 67.9. The van der Waals surface area contributed by atoms with E-state index >= 15 is 0 Å². The molecule has 0 aromatic carbocycles. The van der Waals surface area contributed by atoms with Crippen LogP contribution < -0.4 is 5.32 Å². The second-order valence-corrected chi connectivity index (χ2v) is 26.9. The van der Waals surface area contributed by atoms with Crippen molar-refractivity contribution < 1.29 is 129 Å². The van der Waals surface area contributed by atoms with Gasteiger partial charge < -0.3 is 129 Å². The lowest BCUT2D eigenvalue weighted by atomic mass is 9.47. The monoisotopic (exact) mass is 1210 g/mol. The maximum Gasteiger partial charge on any atom is 0.187 e. The molecule has 4 aliphatic carbocycles.